The number of nitrogens with zero attached hydrogens (tertiary/aromatic N) is 6. The highest BCUT2D eigenvalue weighted by Crippen LogP contribution is 2.37. The average Bonchev–Trinajstić information content (AvgIpc) is 2.88. The number of hydrogen-bond donors (Lipinski definition) is 0. The highest BCUT2D eigenvalue weighted by molar-refractivity contribution is 6.38. The van der Waals surface area contributed by atoms with Gasteiger partial charge in [-0.2, -0.15) is 10.5 Å². The fourth-order valence-electron chi connectivity index (χ4n) is 4.08. The van der Waals surface area contributed by atoms with E-state index in [0.717, 1.165) is 22.4 Å². The monoisotopic (exact) mass is 592 g/mol. The molecular formula is C29H20Cl4N6. The molecule has 0 radical (unpaired) electrons. The van der Waals surface area contributed by atoms with Crippen LogP contribution in [-0.2, 0) is 5.41 Å². The van der Waals surface area contributed by atoms with Crippen LogP contribution in [0.4, 0.5) is 0 Å². The van der Waals surface area contributed by atoms with Gasteiger partial charge in [0.15, 0.2) is 11.4 Å². The van der Waals surface area contributed by atoms with Crippen LogP contribution in [0.5, 0.6) is 0 Å². The number of rotatable bonds is 1. The van der Waals surface area contributed by atoms with Gasteiger partial charge in [-0.25, -0.2) is 19.9 Å². The molecule has 6 nitrogen and oxygen atoms in total. The van der Waals surface area contributed by atoms with E-state index in [0.29, 0.717) is 42.0 Å². The van der Waals surface area contributed by atoms with Crippen molar-refractivity contribution in [3.05, 3.63) is 91.5 Å². The lowest BCUT2D eigenvalue weighted by atomic mass is 9.85. The van der Waals surface area contributed by atoms with E-state index in [1.165, 1.54) is 12.3 Å². The van der Waals surface area contributed by atoms with Gasteiger partial charge >= 0.3 is 0 Å². The Bertz CT molecular complexity index is 1830. The lowest BCUT2D eigenvalue weighted by Gasteiger charge is -2.22. The predicted molar refractivity (Wildman–Crippen MR) is 157 cm³/mol. The highest BCUT2D eigenvalue weighted by Gasteiger charge is 2.20. The summed E-state index contributed by atoms with van der Waals surface area (Å²) in [6, 6.07) is 14.7. The van der Waals surface area contributed by atoms with Crippen LogP contribution in [0.2, 0.25) is 20.2 Å². The molecule has 5 aromatic rings. The number of pyridine rings is 4. The molecule has 0 fully saturated rings. The van der Waals surface area contributed by atoms with Crippen LogP contribution >= 0.6 is 46.4 Å². The van der Waals surface area contributed by atoms with Gasteiger partial charge in [-0.15, -0.1) is 0 Å². The first-order valence-electron chi connectivity index (χ1n) is 11.6. The van der Waals surface area contributed by atoms with Gasteiger partial charge in [0, 0.05) is 23.0 Å². The second-order valence-corrected chi connectivity index (χ2v) is 11.3. The minimum Gasteiger partial charge on any atom is -0.248 e. The van der Waals surface area contributed by atoms with Crippen LogP contribution in [0, 0.1) is 29.6 Å². The van der Waals surface area contributed by atoms with E-state index >= 15 is 0 Å². The second-order valence-electron chi connectivity index (χ2n) is 9.64. The van der Waals surface area contributed by atoms with Gasteiger partial charge < -0.3 is 0 Å². The molecule has 5 rings (SSSR count). The van der Waals surface area contributed by atoms with Gasteiger partial charge in [0.05, 0.1) is 37.5 Å². The first kappa shape index (κ1) is 28.5. The minimum absolute atomic E-state index is 0.0395. The molecule has 0 amide bonds. The molecule has 0 aliphatic heterocycles. The maximum atomic E-state index is 9.22. The Morgan fingerprint density at radius 2 is 1.26 bits per heavy atom. The molecule has 0 aliphatic rings. The van der Waals surface area contributed by atoms with E-state index in [-0.39, 0.29) is 16.8 Å². The summed E-state index contributed by atoms with van der Waals surface area (Å²) in [5.41, 5.74) is 5.55. The highest BCUT2D eigenvalue weighted by atomic mass is 35.5. The number of nitriles is 2. The number of hydrogen-bond acceptors (Lipinski definition) is 6. The minimum atomic E-state index is -0.0395. The Balaban J connectivity index is 0.000000212. The molecule has 0 saturated carbocycles. The predicted octanol–water partition coefficient (Wildman–Crippen LogP) is 8.89. The van der Waals surface area contributed by atoms with E-state index in [1.807, 2.05) is 19.1 Å². The standard InChI is InChI=1S/C20H17Cl2N3.C9H3Cl2N3/c1-11-7-13(20(2,3)4)14(21)8-12(11)17-9-15(22)19-16(25-17)5-6-24-18(19)10-23;10-5-3-8(11)14-6-1-2-13-7(4-12)9(5)6/h5-9H,1-4H3;1-3H. The molecule has 1 aromatic carbocycles. The normalized spacial score (nSPS) is 11.0. The van der Waals surface area contributed by atoms with Crippen LogP contribution in [0.25, 0.3) is 33.1 Å². The van der Waals surface area contributed by atoms with Crippen molar-refractivity contribution in [1.82, 2.24) is 19.9 Å². The number of aromatic nitrogens is 4. The first-order valence-corrected chi connectivity index (χ1v) is 13.1. The van der Waals surface area contributed by atoms with Crippen molar-refractivity contribution in [2.45, 2.75) is 33.1 Å². The Hall–Kier alpha value is -3.52. The molecular weight excluding hydrogens is 574 g/mol. The quantitative estimate of drug-likeness (QED) is 0.180. The zero-order valence-electron chi connectivity index (χ0n) is 21.3. The van der Waals surface area contributed by atoms with E-state index in [2.05, 4.69) is 52.8 Å². The van der Waals surface area contributed by atoms with Crippen LogP contribution in [0.3, 0.4) is 0 Å². The molecule has 10 heteroatoms. The molecule has 4 aromatic heterocycles. The Kier molecular flexibility index (Phi) is 8.25. The summed E-state index contributed by atoms with van der Waals surface area (Å²) in [6.45, 7) is 8.44. The second kappa shape index (κ2) is 11.3. The fraction of sp³-hybridized carbons (Fsp3) is 0.172. The zero-order chi connectivity index (χ0) is 28.5. The molecule has 0 atom stereocenters. The van der Waals surface area contributed by atoms with Crippen molar-refractivity contribution in [2.24, 2.45) is 0 Å². The molecule has 0 N–H and O–H groups in total. The lowest BCUT2D eigenvalue weighted by molar-refractivity contribution is 0.590. The lowest BCUT2D eigenvalue weighted by Crippen LogP contribution is -2.12. The summed E-state index contributed by atoms with van der Waals surface area (Å²) >= 11 is 24.6. The van der Waals surface area contributed by atoms with Crippen LogP contribution in [0.15, 0.2) is 48.8 Å². The Morgan fingerprint density at radius 1 is 0.718 bits per heavy atom. The SMILES string of the molecule is Cc1cc(C(C)(C)C)c(Cl)cc1-c1cc(Cl)c2c(C#N)nccc2n1.N#Cc1nccc2nc(Cl)cc(Cl)c12. The van der Waals surface area contributed by atoms with E-state index < -0.39 is 0 Å². The molecule has 0 spiro atoms. The van der Waals surface area contributed by atoms with Gasteiger partial charge in [-0.05, 0) is 53.8 Å². The number of fused-ring (bicyclic) bond motifs is 2. The Morgan fingerprint density at radius 3 is 1.79 bits per heavy atom. The summed E-state index contributed by atoms with van der Waals surface area (Å²) in [4.78, 5) is 16.6. The fourth-order valence-corrected chi connectivity index (χ4v) is 5.36. The maximum Gasteiger partial charge on any atom is 0.151 e. The third-order valence-electron chi connectivity index (χ3n) is 5.92. The summed E-state index contributed by atoms with van der Waals surface area (Å²) in [7, 11) is 0. The van der Waals surface area contributed by atoms with Crippen molar-refractivity contribution < 1.29 is 0 Å². The topological polar surface area (TPSA) is 99.1 Å². The summed E-state index contributed by atoms with van der Waals surface area (Å²) in [5, 5.41) is 21.0. The van der Waals surface area contributed by atoms with Gasteiger partial charge in [-0.3, -0.25) is 0 Å². The van der Waals surface area contributed by atoms with Gasteiger partial charge in [0.25, 0.3) is 0 Å². The average molecular weight is 594 g/mol. The van der Waals surface area contributed by atoms with Crippen LogP contribution < -0.4 is 0 Å². The summed E-state index contributed by atoms with van der Waals surface area (Å²) in [5.74, 6) is 0. The van der Waals surface area contributed by atoms with Crippen molar-refractivity contribution in [2.75, 3.05) is 0 Å². The van der Waals surface area contributed by atoms with Crippen LogP contribution in [-0.4, -0.2) is 19.9 Å². The van der Waals surface area contributed by atoms with Crippen molar-refractivity contribution in [3.8, 4) is 23.4 Å². The van der Waals surface area contributed by atoms with Crippen LogP contribution in [0.1, 0.15) is 43.3 Å². The molecule has 0 saturated heterocycles. The molecule has 0 unspecified atom stereocenters. The third-order valence-corrected chi connectivity index (χ3v) is 7.03. The van der Waals surface area contributed by atoms with E-state index in [1.54, 1.807) is 24.4 Å². The van der Waals surface area contributed by atoms with Gasteiger partial charge in [-0.1, -0.05) is 73.2 Å². The van der Waals surface area contributed by atoms with E-state index in [4.69, 9.17) is 51.7 Å². The smallest absolute Gasteiger partial charge is 0.151 e. The Labute approximate surface area is 245 Å². The third kappa shape index (κ3) is 5.91. The molecule has 39 heavy (non-hydrogen) atoms. The molecule has 0 aliphatic carbocycles. The number of halogens is 4. The maximum absolute atomic E-state index is 9.22. The van der Waals surface area contributed by atoms with Gasteiger partial charge in [0.2, 0.25) is 0 Å². The van der Waals surface area contributed by atoms with Crippen molar-refractivity contribution >= 4 is 68.2 Å². The van der Waals surface area contributed by atoms with Gasteiger partial charge in [0.1, 0.15) is 17.3 Å². The first-order chi connectivity index (χ1) is 18.4. The summed E-state index contributed by atoms with van der Waals surface area (Å²) in [6.07, 6.45) is 3.07. The van der Waals surface area contributed by atoms with Crippen molar-refractivity contribution in [1.29, 1.82) is 10.5 Å². The number of aryl methyl sites for hydroxylation is 1. The number of benzene rings is 1. The zero-order valence-corrected chi connectivity index (χ0v) is 24.3. The largest absolute Gasteiger partial charge is 0.248 e. The van der Waals surface area contributed by atoms with E-state index in [9.17, 15) is 5.26 Å². The molecule has 194 valence electrons. The van der Waals surface area contributed by atoms with Crippen molar-refractivity contribution in [3.63, 3.8) is 0 Å². The molecule has 0 bridgehead atoms. The summed E-state index contributed by atoms with van der Waals surface area (Å²) < 4.78 is 0. The molecule has 4 heterocycles.